The first-order chi connectivity index (χ1) is 14.1. The number of carbonyl (C=O) groups excluding carboxylic acids is 1. The Morgan fingerprint density at radius 3 is 2.72 bits per heavy atom. The van der Waals surface area contributed by atoms with Crippen LogP contribution in [0.2, 0.25) is 0 Å². The van der Waals surface area contributed by atoms with E-state index in [1.165, 1.54) is 32.1 Å². The van der Waals surface area contributed by atoms with E-state index in [1.54, 1.807) is 12.1 Å². The van der Waals surface area contributed by atoms with Gasteiger partial charge in [0.05, 0.1) is 0 Å². The van der Waals surface area contributed by atoms with Crippen LogP contribution >= 0.6 is 0 Å². The van der Waals surface area contributed by atoms with Gasteiger partial charge in [0.2, 0.25) is 0 Å². The van der Waals surface area contributed by atoms with E-state index >= 15 is 0 Å². The molecule has 150 valence electrons. The van der Waals surface area contributed by atoms with Gasteiger partial charge in [0, 0.05) is 17.5 Å². The molecule has 3 N–H and O–H groups in total. The highest BCUT2D eigenvalue weighted by molar-refractivity contribution is 6.03. The van der Waals surface area contributed by atoms with Crippen LogP contribution in [0, 0.1) is 12.8 Å². The Morgan fingerprint density at radius 1 is 1.14 bits per heavy atom. The third-order valence-electron chi connectivity index (χ3n) is 5.59. The number of nitrogens with zero attached hydrogens (tertiary/aromatic N) is 1. The smallest absolute Gasteiger partial charge is 0.262 e. The van der Waals surface area contributed by atoms with Crippen molar-refractivity contribution in [2.75, 3.05) is 5.32 Å². The molecule has 1 aromatic carbocycles. The molecule has 4 rings (SSSR count). The molecule has 1 aliphatic carbocycles. The first-order valence-electron chi connectivity index (χ1n) is 10.2. The van der Waals surface area contributed by atoms with Gasteiger partial charge < -0.3 is 10.3 Å². The van der Waals surface area contributed by atoms with Gasteiger partial charge in [-0.15, -0.1) is 0 Å². The van der Waals surface area contributed by atoms with Crippen molar-refractivity contribution >= 4 is 11.7 Å². The lowest BCUT2D eigenvalue weighted by molar-refractivity contribution is 0.102. The minimum absolute atomic E-state index is 0.0678. The van der Waals surface area contributed by atoms with Crippen LogP contribution in [0.3, 0.4) is 0 Å². The van der Waals surface area contributed by atoms with Gasteiger partial charge in [0.25, 0.3) is 11.5 Å². The second kappa shape index (κ2) is 8.47. The number of aryl methyl sites for hydroxylation is 1. The molecule has 0 atom stereocenters. The highest BCUT2D eigenvalue weighted by atomic mass is 16.2. The second-order valence-corrected chi connectivity index (χ2v) is 7.92. The normalized spacial score (nSPS) is 14.7. The summed E-state index contributed by atoms with van der Waals surface area (Å²) in [5.41, 5.74) is 3.37. The first kappa shape index (κ1) is 19.2. The molecule has 2 heterocycles. The molecule has 0 radical (unpaired) electrons. The summed E-state index contributed by atoms with van der Waals surface area (Å²) in [5, 5.41) is 9.92. The molecule has 6 heteroatoms. The van der Waals surface area contributed by atoms with Crippen molar-refractivity contribution in [3.8, 4) is 11.3 Å². The Kier molecular flexibility index (Phi) is 5.60. The van der Waals surface area contributed by atoms with E-state index in [1.807, 2.05) is 37.3 Å². The SMILES string of the molecule is Cc1cccc(-c2ccc(C(=O)Nc3cc(CC4CCCCC4)[nH]n3)c(=O)[nH]2)c1. The Bertz CT molecular complexity index is 1060. The van der Waals surface area contributed by atoms with Gasteiger partial charge in [-0.25, -0.2) is 0 Å². The molecule has 0 aliphatic heterocycles. The number of carbonyl (C=O) groups is 1. The van der Waals surface area contributed by atoms with Crippen LogP contribution < -0.4 is 10.9 Å². The number of aromatic amines is 2. The van der Waals surface area contributed by atoms with Gasteiger partial charge in [0.1, 0.15) is 5.56 Å². The van der Waals surface area contributed by atoms with Gasteiger partial charge in [-0.2, -0.15) is 5.10 Å². The molecule has 0 spiro atoms. The maximum Gasteiger partial charge on any atom is 0.262 e. The van der Waals surface area contributed by atoms with E-state index in [9.17, 15) is 9.59 Å². The van der Waals surface area contributed by atoms with Crippen LogP contribution in [0.5, 0.6) is 0 Å². The highest BCUT2D eigenvalue weighted by Crippen LogP contribution is 2.26. The third kappa shape index (κ3) is 4.65. The zero-order valence-electron chi connectivity index (χ0n) is 16.6. The zero-order chi connectivity index (χ0) is 20.2. The summed E-state index contributed by atoms with van der Waals surface area (Å²) in [6.45, 7) is 2.00. The van der Waals surface area contributed by atoms with Crippen molar-refractivity contribution in [2.24, 2.45) is 5.92 Å². The number of benzene rings is 1. The summed E-state index contributed by atoms with van der Waals surface area (Å²) >= 11 is 0. The maximum absolute atomic E-state index is 12.6. The van der Waals surface area contributed by atoms with E-state index in [2.05, 4.69) is 20.5 Å². The lowest BCUT2D eigenvalue weighted by atomic mass is 9.86. The fourth-order valence-corrected chi connectivity index (χ4v) is 4.05. The van der Waals surface area contributed by atoms with Crippen LogP contribution in [0.25, 0.3) is 11.3 Å². The van der Waals surface area contributed by atoms with Crippen LogP contribution in [-0.2, 0) is 6.42 Å². The Labute approximate surface area is 169 Å². The van der Waals surface area contributed by atoms with Crippen molar-refractivity contribution < 1.29 is 4.79 Å². The molecular weight excluding hydrogens is 364 g/mol. The van der Waals surface area contributed by atoms with E-state index in [-0.39, 0.29) is 5.56 Å². The number of amides is 1. The van der Waals surface area contributed by atoms with Gasteiger partial charge in [-0.05, 0) is 43.0 Å². The number of nitrogens with one attached hydrogen (secondary N) is 3. The van der Waals surface area contributed by atoms with Crippen molar-refractivity contribution in [1.82, 2.24) is 15.2 Å². The van der Waals surface area contributed by atoms with Crippen molar-refractivity contribution in [3.05, 3.63) is 69.6 Å². The number of rotatable bonds is 5. The molecule has 3 aromatic rings. The summed E-state index contributed by atoms with van der Waals surface area (Å²) in [5.74, 6) is 0.672. The van der Waals surface area contributed by atoms with E-state index in [4.69, 9.17) is 0 Å². The highest BCUT2D eigenvalue weighted by Gasteiger charge is 2.17. The molecular formula is C23H26N4O2. The van der Waals surface area contributed by atoms with Crippen molar-refractivity contribution in [3.63, 3.8) is 0 Å². The molecule has 6 nitrogen and oxygen atoms in total. The fourth-order valence-electron chi connectivity index (χ4n) is 4.05. The van der Waals surface area contributed by atoms with Gasteiger partial charge in [0.15, 0.2) is 5.82 Å². The average molecular weight is 390 g/mol. The van der Waals surface area contributed by atoms with Gasteiger partial charge in [-0.3, -0.25) is 14.7 Å². The van der Waals surface area contributed by atoms with Crippen LogP contribution in [0.1, 0.15) is 53.7 Å². The Morgan fingerprint density at radius 2 is 1.97 bits per heavy atom. The molecule has 0 bridgehead atoms. The van der Waals surface area contributed by atoms with E-state index in [0.29, 0.717) is 17.4 Å². The number of hydrogen-bond acceptors (Lipinski definition) is 3. The quantitative estimate of drug-likeness (QED) is 0.601. The predicted molar refractivity (Wildman–Crippen MR) is 114 cm³/mol. The minimum atomic E-state index is -0.460. The third-order valence-corrected chi connectivity index (χ3v) is 5.59. The molecule has 1 fully saturated rings. The summed E-state index contributed by atoms with van der Waals surface area (Å²) in [7, 11) is 0. The largest absolute Gasteiger partial charge is 0.321 e. The van der Waals surface area contributed by atoms with Crippen molar-refractivity contribution in [1.29, 1.82) is 0 Å². The van der Waals surface area contributed by atoms with Gasteiger partial charge >= 0.3 is 0 Å². The predicted octanol–water partition coefficient (Wildman–Crippen LogP) is 4.45. The van der Waals surface area contributed by atoms with Gasteiger partial charge in [-0.1, -0.05) is 55.9 Å². The van der Waals surface area contributed by atoms with E-state index < -0.39 is 11.5 Å². The lowest BCUT2D eigenvalue weighted by Crippen LogP contribution is -2.23. The Hall–Kier alpha value is -3.15. The second-order valence-electron chi connectivity index (χ2n) is 7.92. The monoisotopic (exact) mass is 390 g/mol. The molecule has 1 saturated carbocycles. The van der Waals surface area contributed by atoms with E-state index in [0.717, 1.165) is 23.2 Å². The minimum Gasteiger partial charge on any atom is -0.321 e. The number of H-pyrrole nitrogens is 2. The summed E-state index contributed by atoms with van der Waals surface area (Å²) in [6, 6.07) is 13.0. The number of pyridine rings is 1. The topological polar surface area (TPSA) is 90.6 Å². The van der Waals surface area contributed by atoms with Crippen molar-refractivity contribution in [2.45, 2.75) is 45.4 Å². The summed E-state index contributed by atoms with van der Waals surface area (Å²) < 4.78 is 0. The number of aromatic nitrogens is 3. The maximum atomic E-state index is 12.6. The van der Waals surface area contributed by atoms with Crippen LogP contribution in [-0.4, -0.2) is 21.1 Å². The lowest BCUT2D eigenvalue weighted by Gasteiger charge is -2.20. The number of anilines is 1. The average Bonchev–Trinajstić information content (AvgIpc) is 3.15. The first-order valence-corrected chi connectivity index (χ1v) is 10.2. The molecule has 1 aliphatic rings. The Balaban J connectivity index is 1.44. The van der Waals surface area contributed by atoms with Crippen LogP contribution in [0.15, 0.2) is 47.3 Å². The summed E-state index contributed by atoms with van der Waals surface area (Å²) in [4.78, 5) is 27.8. The van der Waals surface area contributed by atoms with Crippen LogP contribution in [0.4, 0.5) is 5.82 Å². The molecule has 1 amide bonds. The summed E-state index contributed by atoms with van der Waals surface area (Å²) in [6.07, 6.45) is 7.38. The standard InChI is InChI=1S/C23H26N4O2/c1-15-6-5-9-17(12-15)20-11-10-19(22(28)24-20)23(29)25-21-14-18(26-27-21)13-16-7-3-2-4-8-16/h5-6,9-12,14,16H,2-4,7-8,13H2,1H3,(H,24,28)(H2,25,26,27,29). The molecule has 2 aromatic heterocycles. The number of hydrogen-bond donors (Lipinski definition) is 3. The fraction of sp³-hybridized carbons (Fsp3) is 0.348. The molecule has 29 heavy (non-hydrogen) atoms. The molecule has 0 saturated heterocycles. The zero-order valence-corrected chi connectivity index (χ0v) is 16.6. The molecule has 0 unspecified atom stereocenters.